The topological polar surface area (TPSA) is 75.2 Å². The van der Waals surface area contributed by atoms with Gasteiger partial charge in [0.05, 0.1) is 13.1 Å². The third-order valence-corrected chi connectivity index (χ3v) is 2.09. The van der Waals surface area contributed by atoms with E-state index in [1.807, 2.05) is 0 Å². The molecule has 0 saturated carbocycles. The summed E-state index contributed by atoms with van der Waals surface area (Å²) in [6.45, 7) is 0.199. The van der Waals surface area contributed by atoms with Crippen molar-refractivity contribution in [2.75, 3.05) is 18.0 Å². The van der Waals surface area contributed by atoms with Gasteiger partial charge in [0.2, 0.25) is 11.8 Å². The fourth-order valence-electron chi connectivity index (χ4n) is 1.28. The molecule has 1 N–H and O–H groups in total. The van der Waals surface area contributed by atoms with Gasteiger partial charge in [0.1, 0.15) is 0 Å². The van der Waals surface area contributed by atoms with Gasteiger partial charge < -0.3 is 4.90 Å². The third-order valence-electron chi connectivity index (χ3n) is 1.89. The highest BCUT2D eigenvalue weighted by atomic mass is 35.5. The highest BCUT2D eigenvalue weighted by molar-refractivity contribution is 6.29. The maximum absolute atomic E-state index is 11.1. The Morgan fingerprint density at radius 2 is 1.87 bits per heavy atom. The molecule has 78 valence electrons. The summed E-state index contributed by atoms with van der Waals surface area (Å²) in [5.41, 5.74) is 0. The van der Waals surface area contributed by atoms with Crippen LogP contribution < -0.4 is 10.2 Å². The minimum absolute atomic E-state index is 0.0993. The number of hydrogen-bond acceptors (Lipinski definition) is 5. The fourth-order valence-corrected chi connectivity index (χ4v) is 1.38. The molecule has 1 saturated heterocycles. The number of aromatic nitrogens is 2. The van der Waals surface area contributed by atoms with E-state index in [4.69, 9.17) is 11.6 Å². The first-order valence-corrected chi connectivity index (χ1v) is 4.60. The molecule has 0 bridgehead atoms. The molecule has 0 aromatic carbocycles. The highest BCUT2D eigenvalue weighted by Gasteiger charge is 2.23. The summed E-state index contributed by atoms with van der Waals surface area (Å²) >= 11 is 5.57. The van der Waals surface area contributed by atoms with Crippen LogP contribution in [-0.4, -0.2) is 35.1 Å². The monoisotopic (exact) mass is 226 g/mol. The predicted octanol–water partition coefficient (Wildman–Crippen LogP) is -0.407. The first kappa shape index (κ1) is 9.85. The molecule has 2 rings (SSSR count). The molecular formula is C8H7ClN4O2. The van der Waals surface area contributed by atoms with Crippen molar-refractivity contribution in [3.8, 4) is 0 Å². The summed E-state index contributed by atoms with van der Waals surface area (Å²) in [6.07, 6.45) is 0. The molecule has 0 radical (unpaired) electrons. The van der Waals surface area contributed by atoms with Crippen molar-refractivity contribution in [1.82, 2.24) is 15.5 Å². The number of anilines is 1. The molecule has 6 nitrogen and oxygen atoms in total. The van der Waals surface area contributed by atoms with Gasteiger partial charge in [-0.05, 0) is 12.1 Å². The number of piperazine rings is 1. The molecule has 1 aromatic heterocycles. The van der Waals surface area contributed by atoms with Crippen molar-refractivity contribution in [3.63, 3.8) is 0 Å². The van der Waals surface area contributed by atoms with Crippen LogP contribution in [0.15, 0.2) is 12.1 Å². The zero-order valence-corrected chi connectivity index (χ0v) is 8.36. The molecule has 0 aliphatic carbocycles. The number of hydrogen-bond donors (Lipinski definition) is 1. The van der Waals surface area contributed by atoms with E-state index >= 15 is 0 Å². The van der Waals surface area contributed by atoms with E-state index in [2.05, 4.69) is 15.5 Å². The summed E-state index contributed by atoms with van der Waals surface area (Å²) in [5.74, 6) is -0.228. The normalized spacial score (nSPS) is 16.5. The Morgan fingerprint density at radius 3 is 2.40 bits per heavy atom. The number of amides is 2. The molecule has 1 aromatic rings. The highest BCUT2D eigenvalue weighted by Crippen LogP contribution is 2.12. The Hall–Kier alpha value is -1.69. The first-order chi connectivity index (χ1) is 7.15. The molecule has 0 atom stereocenters. The molecular weight excluding hydrogens is 220 g/mol. The van der Waals surface area contributed by atoms with Gasteiger partial charge >= 0.3 is 0 Å². The van der Waals surface area contributed by atoms with Crippen LogP contribution in [0.5, 0.6) is 0 Å². The van der Waals surface area contributed by atoms with Crippen LogP contribution in [0, 0.1) is 0 Å². The van der Waals surface area contributed by atoms with Crippen LogP contribution in [0.3, 0.4) is 0 Å². The third kappa shape index (κ3) is 2.21. The zero-order chi connectivity index (χ0) is 10.8. The predicted molar refractivity (Wildman–Crippen MR) is 52.4 cm³/mol. The van der Waals surface area contributed by atoms with E-state index in [1.165, 1.54) is 4.90 Å². The quantitative estimate of drug-likeness (QED) is 0.659. The number of nitrogens with zero attached hydrogens (tertiary/aromatic N) is 3. The zero-order valence-electron chi connectivity index (χ0n) is 7.61. The van der Waals surface area contributed by atoms with Crippen LogP contribution in [0.1, 0.15) is 0 Å². The van der Waals surface area contributed by atoms with E-state index in [-0.39, 0.29) is 30.1 Å². The number of nitrogens with one attached hydrogen (secondary N) is 1. The summed E-state index contributed by atoms with van der Waals surface area (Å²) in [4.78, 5) is 23.7. The lowest BCUT2D eigenvalue weighted by Gasteiger charge is -2.25. The molecule has 15 heavy (non-hydrogen) atoms. The standard InChI is InChI=1S/C8H7ClN4O2/c9-5-1-2-6(12-11-5)13-3-7(14)10-8(15)4-13/h1-2H,3-4H2,(H,10,14,15). The van der Waals surface area contributed by atoms with Gasteiger partial charge in [-0.1, -0.05) is 11.6 Å². The van der Waals surface area contributed by atoms with Gasteiger partial charge in [-0.3, -0.25) is 14.9 Å². The molecule has 0 unspecified atom stereocenters. The van der Waals surface area contributed by atoms with Crippen molar-refractivity contribution in [2.45, 2.75) is 0 Å². The molecule has 2 heterocycles. The van der Waals surface area contributed by atoms with Gasteiger partial charge in [0.15, 0.2) is 11.0 Å². The number of rotatable bonds is 1. The summed E-state index contributed by atoms with van der Waals surface area (Å²) in [6, 6.07) is 3.17. The molecule has 1 aliphatic heterocycles. The Bertz CT molecular complexity index is 390. The second-order valence-electron chi connectivity index (χ2n) is 3.04. The lowest BCUT2D eigenvalue weighted by Crippen LogP contribution is -2.51. The number of imide groups is 1. The smallest absolute Gasteiger partial charge is 0.246 e. The fraction of sp³-hybridized carbons (Fsp3) is 0.250. The van der Waals surface area contributed by atoms with Crippen LogP contribution in [0.25, 0.3) is 0 Å². The van der Waals surface area contributed by atoms with Gasteiger partial charge in [-0.15, -0.1) is 10.2 Å². The second-order valence-corrected chi connectivity index (χ2v) is 3.43. The van der Waals surface area contributed by atoms with Crippen molar-refractivity contribution in [2.24, 2.45) is 0 Å². The molecule has 1 fully saturated rings. The second kappa shape index (κ2) is 3.82. The first-order valence-electron chi connectivity index (χ1n) is 4.22. The van der Waals surface area contributed by atoms with Crippen LogP contribution in [0.2, 0.25) is 5.15 Å². The van der Waals surface area contributed by atoms with Gasteiger partial charge in [-0.2, -0.15) is 0 Å². The Balaban J connectivity index is 2.19. The Morgan fingerprint density at radius 1 is 1.20 bits per heavy atom. The Labute approximate surface area is 90.2 Å². The van der Waals surface area contributed by atoms with Crippen molar-refractivity contribution in [3.05, 3.63) is 17.3 Å². The largest absolute Gasteiger partial charge is 0.336 e. The average molecular weight is 227 g/mol. The number of carbonyl (C=O) groups excluding carboxylic acids is 2. The Kier molecular flexibility index (Phi) is 2.51. The van der Waals surface area contributed by atoms with Crippen molar-refractivity contribution >= 4 is 29.2 Å². The number of halogens is 1. The lowest BCUT2D eigenvalue weighted by atomic mass is 10.3. The maximum atomic E-state index is 11.1. The summed E-state index contributed by atoms with van der Waals surface area (Å²) < 4.78 is 0. The van der Waals surface area contributed by atoms with Gasteiger partial charge in [-0.25, -0.2) is 0 Å². The van der Waals surface area contributed by atoms with Crippen molar-refractivity contribution in [1.29, 1.82) is 0 Å². The van der Waals surface area contributed by atoms with Crippen molar-refractivity contribution < 1.29 is 9.59 Å². The average Bonchev–Trinajstić information content (AvgIpc) is 2.17. The summed E-state index contributed by atoms with van der Waals surface area (Å²) in [5, 5.41) is 9.88. The summed E-state index contributed by atoms with van der Waals surface area (Å²) in [7, 11) is 0. The van der Waals surface area contributed by atoms with Crippen LogP contribution >= 0.6 is 11.6 Å². The van der Waals surface area contributed by atoms with Gasteiger partial charge in [0, 0.05) is 0 Å². The maximum Gasteiger partial charge on any atom is 0.246 e. The minimum atomic E-state index is -0.344. The van der Waals surface area contributed by atoms with Gasteiger partial charge in [0.25, 0.3) is 0 Å². The van der Waals surface area contributed by atoms with Crippen LogP contribution in [0.4, 0.5) is 5.82 Å². The van der Waals surface area contributed by atoms with E-state index in [0.29, 0.717) is 5.82 Å². The molecule has 1 aliphatic rings. The van der Waals surface area contributed by atoms with E-state index in [9.17, 15) is 9.59 Å². The number of carbonyl (C=O) groups is 2. The minimum Gasteiger partial charge on any atom is -0.336 e. The molecule has 0 spiro atoms. The molecule has 7 heteroatoms. The van der Waals surface area contributed by atoms with E-state index in [1.54, 1.807) is 12.1 Å². The molecule has 2 amide bonds. The van der Waals surface area contributed by atoms with E-state index < -0.39 is 0 Å². The lowest BCUT2D eigenvalue weighted by molar-refractivity contribution is -0.130. The SMILES string of the molecule is O=C1CN(c2ccc(Cl)nn2)CC(=O)N1. The van der Waals surface area contributed by atoms with Crippen LogP contribution in [-0.2, 0) is 9.59 Å². The van der Waals surface area contributed by atoms with E-state index in [0.717, 1.165) is 0 Å².